The summed E-state index contributed by atoms with van der Waals surface area (Å²) in [6, 6.07) is 17.5. The summed E-state index contributed by atoms with van der Waals surface area (Å²) in [4.78, 5) is 27.1. The molecule has 0 saturated heterocycles. The zero-order valence-corrected chi connectivity index (χ0v) is 26.6. The Labute approximate surface area is 260 Å². The van der Waals surface area contributed by atoms with Gasteiger partial charge in [-0.2, -0.15) is 0 Å². The summed E-state index contributed by atoms with van der Waals surface area (Å²) >= 11 is 0. The molecule has 0 saturated carbocycles. The van der Waals surface area contributed by atoms with Gasteiger partial charge in [-0.1, -0.05) is 37.6 Å². The monoisotopic (exact) mass is 619 g/mol. The van der Waals surface area contributed by atoms with Crippen molar-refractivity contribution in [2.24, 2.45) is 0 Å². The molecule has 10 heteroatoms. The molecule has 3 aromatic carbocycles. The SMILES string of the molecule is CCCCNC(=O)/C=C/c1ccc(OC)c(S(=O)(=O)Nc2ccc3c(c2)C(N(C)C(=O)Cc2cccc(OC)c2)CCC3)c1. The van der Waals surface area contributed by atoms with Crippen molar-refractivity contribution in [3.8, 4) is 11.5 Å². The maximum atomic E-state index is 13.6. The van der Waals surface area contributed by atoms with Crippen LogP contribution in [-0.2, 0) is 32.5 Å². The average Bonchev–Trinajstić information content (AvgIpc) is 3.03. The lowest BCUT2D eigenvalue weighted by molar-refractivity contribution is -0.131. The van der Waals surface area contributed by atoms with E-state index in [9.17, 15) is 18.0 Å². The Balaban J connectivity index is 1.54. The minimum absolute atomic E-state index is 0.0317. The molecule has 0 aromatic heterocycles. The second-order valence-electron chi connectivity index (χ2n) is 10.8. The van der Waals surface area contributed by atoms with Crippen LogP contribution in [0.5, 0.6) is 11.5 Å². The van der Waals surface area contributed by atoms with Crippen LogP contribution in [0.4, 0.5) is 5.69 Å². The maximum Gasteiger partial charge on any atom is 0.265 e. The fourth-order valence-corrected chi connectivity index (χ4v) is 6.59. The van der Waals surface area contributed by atoms with E-state index in [2.05, 4.69) is 10.0 Å². The number of ether oxygens (including phenoxy) is 2. The standard InChI is InChI=1S/C34H41N3O6S/c1-5-6-19-35-33(38)18-14-24-13-17-31(43-4)32(21-24)44(40,41)36-27-16-15-26-10-8-12-30(29(26)23-27)37(2)34(39)22-25-9-7-11-28(20-25)42-3/h7,9,11,13-18,20-21,23,30,36H,5-6,8,10,12,19,22H2,1-4H3,(H,35,38)/b18-14+. The van der Waals surface area contributed by atoms with Gasteiger partial charge in [-0.05, 0) is 90.4 Å². The number of amides is 2. The number of aryl methyl sites for hydroxylation is 1. The van der Waals surface area contributed by atoms with Gasteiger partial charge in [0, 0.05) is 25.4 Å². The molecule has 2 N–H and O–H groups in total. The van der Waals surface area contributed by atoms with Gasteiger partial charge in [0.1, 0.15) is 16.4 Å². The maximum absolute atomic E-state index is 13.6. The number of carbonyl (C=O) groups is 2. The van der Waals surface area contributed by atoms with Crippen molar-refractivity contribution in [3.63, 3.8) is 0 Å². The van der Waals surface area contributed by atoms with E-state index >= 15 is 0 Å². The van der Waals surface area contributed by atoms with E-state index in [1.807, 2.05) is 43.3 Å². The molecular formula is C34H41N3O6S. The number of anilines is 1. The topological polar surface area (TPSA) is 114 Å². The van der Waals surface area contributed by atoms with Crippen LogP contribution in [0.25, 0.3) is 6.08 Å². The van der Waals surface area contributed by atoms with Crippen LogP contribution in [0.2, 0.25) is 0 Å². The van der Waals surface area contributed by atoms with Crippen LogP contribution in [0.1, 0.15) is 60.9 Å². The quantitative estimate of drug-likeness (QED) is 0.193. The number of hydrogen-bond acceptors (Lipinski definition) is 6. The van der Waals surface area contributed by atoms with Gasteiger partial charge in [0.05, 0.1) is 26.7 Å². The third-order valence-electron chi connectivity index (χ3n) is 7.77. The minimum atomic E-state index is -4.06. The van der Waals surface area contributed by atoms with Crippen molar-refractivity contribution >= 4 is 33.6 Å². The first kappa shape index (κ1) is 32.6. The van der Waals surface area contributed by atoms with Crippen molar-refractivity contribution < 1.29 is 27.5 Å². The zero-order chi connectivity index (χ0) is 31.7. The largest absolute Gasteiger partial charge is 0.497 e. The summed E-state index contributed by atoms with van der Waals surface area (Å²) in [5, 5.41) is 2.80. The molecule has 2 amide bonds. The predicted molar refractivity (Wildman–Crippen MR) is 172 cm³/mol. The molecule has 9 nitrogen and oxygen atoms in total. The van der Waals surface area contributed by atoms with Gasteiger partial charge < -0.3 is 19.7 Å². The zero-order valence-electron chi connectivity index (χ0n) is 25.8. The molecule has 234 valence electrons. The summed E-state index contributed by atoms with van der Waals surface area (Å²) in [7, 11) is 0.739. The van der Waals surface area contributed by atoms with Gasteiger partial charge in [-0.3, -0.25) is 14.3 Å². The lowest BCUT2D eigenvalue weighted by atomic mass is 9.86. The summed E-state index contributed by atoms with van der Waals surface area (Å²) in [6.07, 6.45) is 7.60. The summed E-state index contributed by atoms with van der Waals surface area (Å²) in [5.41, 5.74) is 3.81. The molecule has 0 fully saturated rings. The van der Waals surface area contributed by atoms with E-state index in [1.54, 1.807) is 43.3 Å². The number of likely N-dealkylation sites (N-methyl/N-ethyl adjacent to an activating group) is 1. The smallest absolute Gasteiger partial charge is 0.265 e. The highest BCUT2D eigenvalue weighted by atomic mass is 32.2. The normalized spacial score (nSPS) is 14.5. The van der Waals surface area contributed by atoms with Gasteiger partial charge in [-0.25, -0.2) is 8.42 Å². The van der Waals surface area contributed by atoms with Crippen molar-refractivity contribution in [2.45, 2.75) is 56.4 Å². The van der Waals surface area contributed by atoms with Crippen molar-refractivity contribution in [3.05, 3.63) is 89.0 Å². The first-order chi connectivity index (χ1) is 21.1. The molecule has 0 spiro atoms. The Morgan fingerprint density at radius 3 is 2.61 bits per heavy atom. The van der Waals surface area contributed by atoms with Crippen molar-refractivity contribution in [1.82, 2.24) is 10.2 Å². The molecule has 4 rings (SSSR count). The van der Waals surface area contributed by atoms with Gasteiger partial charge in [0.15, 0.2) is 0 Å². The molecule has 0 aliphatic heterocycles. The average molecular weight is 620 g/mol. The summed E-state index contributed by atoms with van der Waals surface area (Å²) in [5.74, 6) is 0.604. The number of rotatable bonds is 13. The highest BCUT2D eigenvalue weighted by molar-refractivity contribution is 7.92. The van der Waals surface area contributed by atoms with E-state index < -0.39 is 10.0 Å². The second-order valence-corrected chi connectivity index (χ2v) is 12.5. The molecule has 1 atom stereocenters. The Kier molecular flexibility index (Phi) is 11.1. The van der Waals surface area contributed by atoms with Gasteiger partial charge in [-0.15, -0.1) is 0 Å². The highest BCUT2D eigenvalue weighted by Gasteiger charge is 2.28. The number of methoxy groups -OCH3 is 2. The molecule has 1 aliphatic carbocycles. The lowest BCUT2D eigenvalue weighted by Crippen LogP contribution is -2.34. The molecule has 1 aliphatic rings. The lowest BCUT2D eigenvalue weighted by Gasteiger charge is -2.34. The van der Waals surface area contributed by atoms with Crippen molar-refractivity contribution in [1.29, 1.82) is 0 Å². The van der Waals surface area contributed by atoms with Crippen molar-refractivity contribution in [2.75, 3.05) is 32.5 Å². The molecule has 1 unspecified atom stereocenters. The fraction of sp³-hybridized carbons (Fsp3) is 0.353. The van der Waals surface area contributed by atoms with Gasteiger partial charge in [0.25, 0.3) is 10.0 Å². The van der Waals surface area contributed by atoms with E-state index in [-0.39, 0.29) is 34.9 Å². The number of benzene rings is 3. The number of nitrogens with zero attached hydrogens (tertiary/aromatic N) is 1. The van der Waals surface area contributed by atoms with Crippen LogP contribution in [-0.4, -0.2) is 52.9 Å². The molecule has 3 aromatic rings. The van der Waals surface area contributed by atoms with Crippen LogP contribution >= 0.6 is 0 Å². The number of fused-ring (bicyclic) bond motifs is 1. The highest BCUT2D eigenvalue weighted by Crippen LogP contribution is 2.36. The summed E-state index contributed by atoms with van der Waals surface area (Å²) in [6.45, 7) is 2.63. The number of nitrogens with one attached hydrogen (secondary N) is 2. The predicted octanol–water partition coefficient (Wildman–Crippen LogP) is 5.51. The summed E-state index contributed by atoms with van der Waals surface area (Å²) < 4.78 is 40.6. The molecule has 44 heavy (non-hydrogen) atoms. The van der Waals surface area contributed by atoms with E-state index in [1.165, 1.54) is 19.3 Å². The van der Waals surface area contributed by atoms with Gasteiger partial charge in [0.2, 0.25) is 11.8 Å². The first-order valence-electron chi connectivity index (χ1n) is 14.8. The van der Waals surface area contributed by atoms with Crippen LogP contribution in [0, 0.1) is 0 Å². The van der Waals surface area contributed by atoms with E-state index in [0.29, 0.717) is 23.5 Å². The molecule has 0 bridgehead atoms. The molecule has 0 radical (unpaired) electrons. The van der Waals surface area contributed by atoms with Crippen LogP contribution in [0.15, 0.2) is 71.6 Å². The number of carbonyl (C=O) groups excluding carboxylic acids is 2. The van der Waals surface area contributed by atoms with E-state index in [0.717, 1.165) is 48.8 Å². The Morgan fingerprint density at radius 1 is 1.05 bits per heavy atom. The van der Waals surface area contributed by atoms with Gasteiger partial charge >= 0.3 is 0 Å². The number of sulfonamides is 1. The third-order valence-corrected chi connectivity index (χ3v) is 9.17. The minimum Gasteiger partial charge on any atom is -0.497 e. The first-order valence-corrected chi connectivity index (χ1v) is 16.3. The van der Waals surface area contributed by atoms with Crippen LogP contribution < -0.4 is 19.5 Å². The fourth-order valence-electron chi connectivity index (χ4n) is 5.33. The number of unbranched alkanes of at least 4 members (excludes halogenated alkanes) is 1. The van der Waals surface area contributed by atoms with Crippen LogP contribution in [0.3, 0.4) is 0 Å². The number of hydrogen-bond donors (Lipinski definition) is 2. The Hall–Kier alpha value is -4.31. The Morgan fingerprint density at radius 2 is 1.86 bits per heavy atom. The molecule has 0 heterocycles. The molecular weight excluding hydrogens is 578 g/mol. The second kappa shape index (κ2) is 14.9. The third kappa shape index (κ3) is 8.19. The Bertz CT molecular complexity index is 1620. The van der Waals surface area contributed by atoms with E-state index in [4.69, 9.17) is 9.47 Å².